The number of phosphoric ester groups is 1. The fraction of sp³-hybridized carbons (Fsp3) is 0.857. The Kier molecular flexibility index (Phi) is 37.6. The van der Waals surface area contributed by atoms with Gasteiger partial charge in [0.05, 0.1) is 19.8 Å². The molecule has 312 valence electrons. The number of hydrogen-bond acceptors (Lipinski definition) is 9. The third-order valence-electron chi connectivity index (χ3n) is 9.08. The first-order valence-electron chi connectivity index (χ1n) is 21.3. The van der Waals surface area contributed by atoms with Gasteiger partial charge in [-0.1, -0.05) is 141 Å². The van der Waals surface area contributed by atoms with E-state index >= 15 is 0 Å². The molecule has 0 saturated heterocycles. The third-order valence-corrected chi connectivity index (χ3v) is 10.0. The van der Waals surface area contributed by atoms with E-state index < -0.39 is 51.8 Å². The van der Waals surface area contributed by atoms with Gasteiger partial charge in [0.2, 0.25) is 0 Å². The second-order valence-corrected chi connectivity index (χ2v) is 15.8. The molecule has 0 aromatic carbocycles. The molecule has 0 heterocycles. The van der Waals surface area contributed by atoms with Gasteiger partial charge in [0.25, 0.3) is 0 Å². The maximum absolute atomic E-state index is 12.6. The van der Waals surface area contributed by atoms with Crippen LogP contribution < -0.4 is 0 Å². The Morgan fingerprint density at radius 3 is 1.38 bits per heavy atom. The summed E-state index contributed by atoms with van der Waals surface area (Å²) in [7, 11) is -4.62. The largest absolute Gasteiger partial charge is 0.472 e. The summed E-state index contributed by atoms with van der Waals surface area (Å²) in [6, 6.07) is 0. The van der Waals surface area contributed by atoms with Crippen LogP contribution in [0, 0.1) is 0 Å². The summed E-state index contributed by atoms with van der Waals surface area (Å²) in [6.45, 7) is 2.35. The standard InChI is InChI=1S/C42H79O10P/c1-3-5-7-9-11-13-15-17-19-21-23-25-27-29-31-33-41(45)49-37-40(38-51-53(47,48)50-36-39(44)35-43)52-42(46)34-32-30-28-26-24-22-20-18-16-14-12-10-8-6-4-2/h13,15,18,20,39-40,43-44H,3-12,14,16-17,19,21-38H2,1-2H3,(H,47,48)/t39-,40+/m0/s1. The normalized spacial score (nSPS) is 14.1. The molecule has 0 radical (unpaired) electrons. The van der Waals surface area contributed by atoms with Gasteiger partial charge < -0.3 is 24.6 Å². The lowest BCUT2D eigenvalue weighted by Gasteiger charge is -2.20. The Hall–Kier alpha value is -1.55. The number of allylic oxidation sites excluding steroid dienone is 4. The molecular formula is C42H79O10P. The lowest BCUT2D eigenvalue weighted by Crippen LogP contribution is -2.29. The summed E-state index contributed by atoms with van der Waals surface area (Å²) in [4.78, 5) is 34.9. The second-order valence-electron chi connectivity index (χ2n) is 14.4. The third kappa shape index (κ3) is 38.5. The smallest absolute Gasteiger partial charge is 0.462 e. The molecule has 0 aromatic rings. The van der Waals surface area contributed by atoms with Gasteiger partial charge in [-0.3, -0.25) is 18.6 Å². The highest BCUT2D eigenvalue weighted by molar-refractivity contribution is 7.47. The number of hydrogen-bond donors (Lipinski definition) is 3. The highest BCUT2D eigenvalue weighted by atomic mass is 31.2. The minimum absolute atomic E-state index is 0.175. The van der Waals surface area contributed by atoms with Crippen molar-refractivity contribution in [3.8, 4) is 0 Å². The SMILES string of the molecule is CCCCCCC=CCCCCCCCCCC(=O)OC[C@H](COP(=O)(O)OC[C@@H](O)CO)OC(=O)CCCCCCCC=CCCCCCCCC. The zero-order valence-electron chi connectivity index (χ0n) is 33.7. The first-order valence-corrected chi connectivity index (χ1v) is 22.8. The molecule has 0 saturated carbocycles. The minimum Gasteiger partial charge on any atom is -0.462 e. The number of esters is 2. The summed E-state index contributed by atoms with van der Waals surface area (Å²) >= 11 is 0. The molecule has 0 aliphatic carbocycles. The van der Waals surface area contributed by atoms with Crippen molar-refractivity contribution in [3.63, 3.8) is 0 Å². The second kappa shape index (κ2) is 38.7. The summed E-state index contributed by atoms with van der Waals surface area (Å²) in [5.41, 5.74) is 0. The molecule has 53 heavy (non-hydrogen) atoms. The van der Waals surface area contributed by atoms with Crippen molar-refractivity contribution in [2.45, 2.75) is 206 Å². The quantitative estimate of drug-likeness (QED) is 0.0238. The lowest BCUT2D eigenvalue weighted by atomic mass is 10.1. The van der Waals surface area contributed by atoms with Crippen LogP contribution in [-0.2, 0) is 32.7 Å². The van der Waals surface area contributed by atoms with E-state index in [-0.39, 0.29) is 19.4 Å². The van der Waals surface area contributed by atoms with Crippen LogP contribution in [0.25, 0.3) is 0 Å². The summed E-state index contributed by atoms with van der Waals surface area (Å²) in [5.74, 6) is -0.936. The molecular weight excluding hydrogens is 695 g/mol. The number of aliphatic hydroxyl groups is 2. The summed E-state index contributed by atoms with van der Waals surface area (Å²) in [5, 5.41) is 18.3. The average Bonchev–Trinajstić information content (AvgIpc) is 3.14. The van der Waals surface area contributed by atoms with E-state index in [1.165, 1.54) is 89.9 Å². The van der Waals surface area contributed by atoms with Crippen molar-refractivity contribution in [3.05, 3.63) is 24.3 Å². The number of carbonyl (C=O) groups is 2. The van der Waals surface area contributed by atoms with Gasteiger partial charge in [0.1, 0.15) is 12.7 Å². The van der Waals surface area contributed by atoms with Gasteiger partial charge in [0, 0.05) is 12.8 Å². The zero-order valence-corrected chi connectivity index (χ0v) is 34.6. The van der Waals surface area contributed by atoms with E-state index in [2.05, 4.69) is 42.7 Å². The van der Waals surface area contributed by atoms with Gasteiger partial charge in [0.15, 0.2) is 6.10 Å². The van der Waals surface area contributed by atoms with E-state index in [1.54, 1.807) is 0 Å². The fourth-order valence-electron chi connectivity index (χ4n) is 5.75. The van der Waals surface area contributed by atoms with Gasteiger partial charge in [-0.25, -0.2) is 4.57 Å². The van der Waals surface area contributed by atoms with Gasteiger partial charge in [-0.2, -0.15) is 0 Å². The molecule has 0 spiro atoms. The number of carbonyl (C=O) groups excluding carboxylic acids is 2. The molecule has 0 bridgehead atoms. The highest BCUT2D eigenvalue weighted by Gasteiger charge is 2.27. The maximum Gasteiger partial charge on any atom is 0.472 e. The van der Waals surface area contributed by atoms with E-state index in [4.69, 9.17) is 19.1 Å². The van der Waals surface area contributed by atoms with Gasteiger partial charge >= 0.3 is 19.8 Å². The molecule has 3 atom stereocenters. The molecule has 0 rings (SSSR count). The molecule has 0 aliphatic rings. The molecule has 1 unspecified atom stereocenters. The van der Waals surface area contributed by atoms with Crippen molar-refractivity contribution < 1.29 is 47.8 Å². The van der Waals surface area contributed by atoms with Crippen molar-refractivity contribution in [2.75, 3.05) is 26.4 Å². The van der Waals surface area contributed by atoms with Crippen molar-refractivity contribution >= 4 is 19.8 Å². The monoisotopic (exact) mass is 775 g/mol. The Morgan fingerprint density at radius 2 is 0.925 bits per heavy atom. The van der Waals surface area contributed by atoms with Crippen LogP contribution in [0.4, 0.5) is 0 Å². The number of ether oxygens (including phenoxy) is 2. The first kappa shape index (κ1) is 51.5. The molecule has 10 nitrogen and oxygen atoms in total. The predicted octanol–water partition coefficient (Wildman–Crippen LogP) is 11.0. The van der Waals surface area contributed by atoms with Crippen molar-refractivity contribution in [1.29, 1.82) is 0 Å². The maximum atomic E-state index is 12.6. The predicted molar refractivity (Wildman–Crippen MR) is 215 cm³/mol. The average molecular weight is 775 g/mol. The zero-order chi connectivity index (χ0) is 39.1. The van der Waals surface area contributed by atoms with E-state index in [0.29, 0.717) is 12.8 Å². The van der Waals surface area contributed by atoms with E-state index in [9.17, 15) is 24.2 Å². The van der Waals surface area contributed by atoms with Crippen LogP contribution in [0.3, 0.4) is 0 Å². The van der Waals surface area contributed by atoms with Crippen LogP contribution in [0.5, 0.6) is 0 Å². The van der Waals surface area contributed by atoms with Crippen LogP contribution in [-0.4, -0.2) is 65.7 Å². The van der Waals surface area contributed by atoms with Crippen LogP contribution >= 0.6 is 7.82 Å². The molecule has 0 fully saturated rings. The minimum atomic E-state index is -4.62. The summed E-state index contributed by atoms with van der Waals surface area (Å²) in [6.07, 6.45) is 37.1. The molecule has 0 aliphatic heterocycles. The Morgan fingerprint density at radius 1 is 0.547 bits per heavy atom. The van der Waals surface area contributed by atoms with Crippen molar-refractivity contribution in [1.82, 2.24) is 0 Å². The molecule has 0 aromatic heterocycles. The summed E-state index contributed by atoms with van der Waals surface area (Å²) < 4.78 is 32.7. The number of aliphatic hydroxyl groups excluding tert-OH is 2. The number of phosphoric acid groups is 1. The Labute approximate surface area is 323 Å². The molecule has 11 heteroatoms. The number of rotatable bonds is 40. The van der Waals surface area contributed by atoms with E-state index in [0.717, 1.165) is 64.2 Å². The van der Waals surface area contributed by atoms with Gasteiger partial charge in [-0.05, 0) is 64.2 Å². The lowest BCUT2D eigenvalue weighted by molar-refractivity contribution is -0.161. The molecule has 0 amide bonds. The van der Waals surface area contributed by atoms with Crippen LogP contribution in [0.15, 0.2) is 24.3 Å². The highest BCUT2D eigenvalue weighted by Crippen LogP contribution is 2.43. The fourth-order valence-corrected chi connectivity index (χ4v) is 6.54. The number of unbranched alkanes of at least 4 members (excludes halogenated alkanes) is 22. The Bertz CT molecular complexity index is 941. The van der Waals surface area contributed by atoms with E-state index in [1.807, 2.05) is 0 Å². The molecule has 3 N–H and O–H groups in total. The topological polar surface area (TPSA) is 149 Å². The van der Waals surface area contributed by atoms with Crippen LogP contribution in [0.1, 0.15) is 194 Å². The Balaban J connectivity index is 4.32. The van der Waals surface area contributed by atoms with Gasteiger partial charge in [-0.15, -0.1) is 0 Å². The van der Waals surface area contributed by atoms with Crippen LogP contribution in [0.2, 0.25) is 0 Å². The first-order chi connectivity index (χ1) is 25.7. The van der Waals surface area contributed by atoms with Crippen molar-refractivity contribution in [2.24, 2.45) is 0 Å².